The predicted molar refractivity (Wildman–Crippen MR) is 74.6 cm³/mol. The van der Waals surface area contributed by atoms with Crippen molar-refractivity contribution in [2.24, 2.45) is 5.10 Å². The van der Waals surface area contributed by atoms with Gasteiger partial charge in [0.2, 0.25) is 5.91 Å². The van der Waals surface area contributed by atoms with Gasteiger partial charge in [0.1, 0.15) is 18.0 Å². The molecule has 2 amide bonds. The lowest BCUT2D eigenvalue weighted by Gasteiger charge is -2.11. The molecule has 7 nitrogen and oxygen atoms in total. The van der Waals surface area contributed by atoms with Gasteiger partial charge in [-0.25, -0.2) is 10.2 Å². The van der Waals surface area contributed by atoms with Gasteiger partial charge in [0.15, 0.2) is 0 Å². The third-order valence-corrected chi connectivity index (χ3v) is 2.78. The molecule has 1 aromatic carbocycles. The fourth-order valence-corrected chi connectivity index (χ4v) is 1.74. The number of hydrogen-bond acceptors (Lipinski definition) is 5. The van der Waals surface area contributed by atoms with E-state index in [9.17, 15) is 14.4 Å². The van der Waals surface area contributed by atoms with Crippen LogP contribution in [-0.4, -0.2) is 30.0 Å². The normalized spacial score (nSPS) is 14.0. The zero-order valence-electron chi connectivity index (χ0n) is 11.5. The number of aryl methyl sites for hydroxylation is 1. The number of amides is 2. The summed E-state index contributed by atoms with van der Waals surface area (Å²) in [6, 6.07) is 7.04. The third-order valence-electron chi connectivity index (χ3n) is 2.78. The number of benzene rings is 1. The molecular formula is C14H15N3O4. The van der Waals surface area contributed by atoms with Gasteiger partial charge >= 0.3 is 5.97 Å². The van der Waals surface area contributed by atoms with E-state index in [0.717, 1.165) is 5.56 Å². The van der Waals surface area contributed by atoms with Crippen molar-refractivity contribution < 1.29 is 19.1 Å². The molecule has 1 heterocycles. The van der Waals surface area contributed by atoms with Crippen molar-refractivity contribution in [3.63, 3.8) is 0 Å². The van der Waals surface area contributed by atoms with Crippen LogP contribution in [0.5, 0.6) is 5.75 Å². The van der Waals surface area contributed by atoms with Crippen molar-refractivity contribution >= 4 is 23.5 Å². The number of carbonyl (C=O) groups excluding carboxylic acids is 3. The van der Waals surface area contributed by atoms with Crippen molar-refractivity contribution in [1.29, 1.82) is 0 Å². The summed E-state index contributed by atoms with van der Waals surface area (Å²) in [5.41, 5.74) is 3.38. The van der Waals surface area contributed by atoms with Crippen LogP contribution < -0.4 is 15.5 Å². The number of ether oxygens (including phenoxy) is 1. The highest BCUT2D eigenvalue weighted by Gasteiger charge is 2.18. The van der Waals surface area contributed by atoms with E-state index >= 15 is 0 Å². The number of carbonyl (C=O) groups is 3. The Labute approximate surface area is 121 Å². The lowest BCUT2D eigenvalue weighted by atomic mass is 10.1. The number of esters is 1. The molecule has 1 aliphatic rings. The Kier molecular flexibility index (Phi) is 4.65. The van der Waals surface area contributed by atoms with Crippen molar-refractivity contribution in [3.8, 4) is 5.75 Å². The number of hydrogen-bond donors (Lipinski definition) is 2. The van der Waals surface area contributed by atoms with Crippen LogP contribution in [0.25, 0.3) is 0 Å². The fourth-order valence-electron chi connectivity index (χ4n) is 1.74. The van der Waals surface area contributed by atoms with Crippen LogP contribution in [0.3, 0.4) is 0 Å². The largest absolute Gasteiger partial charge is 0.425 e. The molecule has 0 saturated heterocycles. The van der Waals surface area contributed by atoms with Gasteiger partial charge in [-0.3, -0.25) is 9.59 Å². The van der Waals surface area contributed by atoms with E-state index in [1.807, 2.05) is 13.0 Å². The molecule has 0 fully saturated rings. The minimum atomic E-state index is -0.575. The molecule has 0 saturated carbocycles. The molecule has 0 aromatic heterocycles. The SMILES string of the molecule is Cc1cccc(OC(=O)CNC(=O)C2=NNC(=O)CC2)c1. The van der Waals surface area contributed by atoms with Crippen LogP contribution in [0.1, 0.15) is 18.4 Å². The Morgan fingerprint density at radius 2 is 2.19 bits per heavy atom. The quantitative estimate of drug-likeness (QED) is 0.614. The van der Waals surface area contributed by atoms with Gasteiger partial charge < -0.3 is 10.1 Å². The standard InChI is InChI=1S/C14H15N3O4/c1-9-3-2-4-10(7-9)21-13(19)8-15-14(20)11-5-6-12(18)17-16-11/h2-4,7H,5-6,8H2,1H3,(H,15,20)(H,17,18). The molecular weight excluding hydrogens is 274 g/mol. The van der Waals surface area contributed by atoms with Crippen molar-refractivity contribution in [2.45, 2.75) is 19.8 Å². The average molecular weight is 289 g/mol. The van der Waals surface area contributed by atoms with Gasteiger partial charge in [-0.05, 0) is 24.6 Å². The van der Waals surface area contributed by atoms with E-state index in [2.05, 4.69) is 15.8 Å². The average Bonchev–Trinajstić information content (AvgIpc) is 2.45. The summed E-state index contributed by atoms with van der Waals surface area (Å²) in [7, 11) is 0. The molecule has 0 radical (unpaired) electrons. The molecule has 0 aliphatic carbocycles. The molecule has 0 unspecified atom stereocenters. The minimum absolute atomic E-state index is 0.193. The molecule has 0 bridgehead atoms. The molecule has 1 aliphatic heterocycles. The summed E-state index contributed by atoms with van der Waals surface area (Å²) in [6.07, 6.45) is 0.463. The molecule has 21 heavy (non-hydrogen) atoms. The first-order chi connectivity index (χ1) is 10.0. The Balaban J connectivity index is 1.81. The lowest BCUT2D eigenvalue weighted by Crippen LogP contribution is -2.39. The highest BCUT2D eigenvalue weighted by atomic mass is 16.5. The zero-order valence-corrected chi connectivity index (χ0v) is 11.5. The molecule has 2 N–H and O–H groups in total. The van der Waals surface area contributed by atoms with Gasteiger partial charge in [-0.15, -0.1) is 0 Å². The van der Waals surface area contributed by atoms with Crippen LogP contribution in [0, 0.1) is 6.92 Å². The van der Waals surface area contributed by atoms with Gasteiger partial charge in [0.05, 0.1) is 0 Å². The van der Waals surface area contributed by atoms with Crippen molar-refractivity contribution in [1.82, 2.24) is 10.7 Å². The fraction of sp³-hybridized carbons (Fsp3) is 0.286. The zero-order chi connectivity index (χ0) is 15.2. The minimum Gasteiger partial charge on any atom is -0.425 e. The number of nitrogens with zero attached hydrogens (tertiary/aromatic N) is 1. The van der Waals surface area contributed by atoms with Crippen molar-refractivity contribution in [3.05, 3.63) is 29.8 Å². The van der Waals surface area contributed by atoms with Gasteiger partial charge in [-0.2, -0.15) is 5.10 Å². The van der Waals surface area contributed by atoms with E-state index in [0.29, 0.717) is 5.75 Å². The molecule has 7 heteroatoms. The Bertz CT molecular complexity index is 610. The molecule has 0 spiro atoms. The highest BCUT2D eigenvalue weighted by molar-refractivity contribution is 6.39. The second-order valence-corrected chi connectivity index (χ2v) is 4.57. The maximum absolute atomic E-state index is 11.7. The lowest BCUT2D eigenvalue weighted by molar-refractivity contribution is -0.134. The van der Waals surface area contributed by atoms with Crippen LogP contribution in [0.2, 0.25) is 0 Å². The van der Waals surface area contributed by atoms with E-state index in [4.69, 9.17) is 4.74 Å². The number of nitrogens with one attached hydrogen (secondary N) is 2. The Morgan fingerprint density at radius 3 is 2.86 bits per heavy atom. The van der Waals surface area contributed by atoms with E-state index in [1.54, 1.807) is 18.2 Å². The van der Waals surface area contributed by atoms with E-state index < -0.39 is 11.9 Å². The van der Waals surface area contributed by atoms with E-state index in [-0.39, 0.29) is 31.0 Å². The van der Waals surface area contributed by atoms with Crippen LogP contribution >= 0.6 is 0 Å². The summed E-state index contributed by atoms with van der Waals surface area (Å²) in [4.78, 5) is 34.2. The molecule has 110 valence electrons. The Hall–Kier alpha value is -2.70. The summed E-state index contributed by atoms with van der Waals surface area (Å²) in [6.45, 7) is 1.62. The summed E-state index contributed by atoms with van der Waals surface area (Å²) in [5.74, 6) is -0.868. The topological polar surface area (TPSA) is 96.9 Å². The van der Waals surface area contributed by atoms with E-state index in [1.165, 1.54) is 0 Å². The smallest absolute Gasteiger partial charge is 0.330 e. The number of rotatable bonds is 4. The molecule has 2 rings (SSSR count). The molecule has 1 aromatic rings. The van der Waals surface area contributed by atoms with Crippen LogP contribution in [-0.2, 0) is 14.4 Å². The second-order valence-electron chi connectivity index (χ2n) is 4.57. The van der Waals surface area contributed by atoms with Crippen LogP contribution in [0.15, 0.2) is 29.4 Å². The first-order valence-electron chi connectivity index (χ1n) is 6.45. The number of hydrazone groups is 1. The second kappa shape index (κ2) is 6.65. The van der Waals surface area contributed by atoms with Crippen molar-refractivity contribution in [2.75, 3.05) is 6.54 Å². The van der Waals surface area contributed by atoms with Gasteiger partial charge in [0, 0.05) is 12.8 Å². The first kappa shape index (κ1) is 14.7. The maximum Gasteiger partial charge on any atom is 0.330 e. The van der Waals surface area contributed by atoms with Gasteiger partial charge in [0.25, 0.3) is 5.91 Å². The summed E-state index contributed by atoms with van der Waals surface area (Å²) >= 11 is 0. The monoisotopic (exact) mass is 289 g/mol. The first-order valence-corrected chi connectivity index (χ1v) is 6.45. The summed E-state index contributed by atoms with van der Waals surface area (Å²) < 4.78 is 5.09. The highest BCUT2D eigenvalue weighted by Crippen LogP contribution is 2.12. The molecule has 0 atom stereocenters. The summed E-state index contributed by atoms with van der Waals surface area (Å²) in [5, 5.41) is 6.04. The predicted octanol–water partition coefficient (Wildman–Crippen LogP) is 0.283. The third kappa shape index (κ3) is 4.41. The Morgan fingerprint density at radius 1 is 1.38 bits per heavy atom. The van der Waals surface area contributed by atoms with Crippen LogP contribution in [0.4, 0.5) is 0 Å². The van der Waals surface area contributed by atoms with Gasteiger partial charge in [-0.1, -0.05) is 12.1 Å². The maximum atomic E-state index is 11.7.